The minimum Gasteiger partial charge on any atom is -0.465 e. The van der Waals surface area contributed by atoms with Crippen molar-refractivity contribution in [3.63, 3.8) is 0 Å². The Balaban J connectivity index is 3.48. The molecule has 0 saturated heterocycles. The lowest BCUT2D eigenvalue weighted by Gasteiger charge is -2.12. The molecule has 0 spiro atoms. The highest BCUT2D eigenvalue weighted by Gasteiger charge is 2.25. The van der Waals surface area contributed by atoms with Crippen molar-refractivity contribution >= 4 is 17.6 Å². The summed E-state index contributed by atoms with van der Waals surface area (Å²) in [6.07, 6.45) is -1.54. The molecular formula is C10H10ClF2NO2. The average molecular weight is 250 g/mol. The first-order valence-corrected chi connectivity index (χ1v) is 4.97. The van der Waals surface area contributed by atoms with Gasteiger partial charge in [-0.2, -0.15) is 0 Å². The molecule has 0 unspecified atom stereocenters. The average Bonchev–Trinajstić information content (AvgIpc) is 2.27. The van der Waals surface area contributed by atoms with Crippen molar-refractivity contribution in [1.29, 1.82) is 0 Å². The number of alkyl halides is 3. The first kappa shape index (κ1) is 12.8. The van der Waals surface area contributed by atoms with Gasteiger partial charge in [0.15, 0.2) is 0 Å². The fourth-order valence-corrected chi connectivity index (χ4v) is 1.59. The van der Waals surface area contributed by atoms with Crippen molar-refractivity contribution in [2.75, 3.05) is 7.11 Å². The van der Waals surface area contributed by atoms with Gasteiger partial charge in [0.1, 0.15) is 0 Å². The molecule has 1 heterocycles. The maximum absolute atomic E-state index is 12.9. The molecule has 0 radical (unpaired) electrons. The highest BCUT2D eigenvalue weighted by molar-refractivity contribution is 6.17. The summed E-state index contributed by atoms with van der Waals surface area (Å²) in [6, 6.07) is 0. The lowest BCUT2D eigenvalue weighted by molar-refractivity contribution is 0.0587. The largest absolute Gasteiger partial charge is 0.465 e. The molecule has 0 fully saturated rings. The molecule has 0 aliphatic heterocycles. The van der Waals surface area contributed by atoms with E-state index in [0.29, 0.717) is 0 Å². The second-order valence-corrected chi connectivity index (χ2v) is 3.35. The number of carbonyl (C=O) groups excluding carboxylic acids is 1. The molecular weight excluding hydrogens is 240 g/mol. The monoisotopic (exact) mass is 249 g/mol. The summed E-state index contributed by atoms with van der Waals surface area (Å²) in [6.45, 7) is 1.47. The van der Waals surface area contributed by atoms with Gasteiger partial charge in [-0.05, 0) is 12.5 Å². The lowest BCUT2D eigenvalue weighted by atomic mass is 10.0. The quantitative estimate of drug-likeness (QED) is 0.611. The number of ether oxygens (including phenoxy) is 1. The molecule has 0 N–H and O–H groups in total. The zero-order valence-corrected chi connectivity index (χ0v) is 9.52. The van der Waals surface area contributed by atoms with Gasteiger partial charge >= 0.3 is 5.97 Å². The maximum Gasteiger partial charge on any atom is 0.340 e. The molecule has 16 heavy (non-hydrogen) atoms. The zero-order valence-electron chi connectivity index (χ0n) is 8.76. The van der Waals surface area contributed by atoms with Crippen molar-refractivity contribution in [2.45, 2.75) is 19.2 Å². The van der Waals surface area contributed by atoms with E-state index in [0.717, 1.165) is 7.11 Å². The third kappa shape index (κ3) is 2.29. The van der Waals surface area contributed by atoms with E-state index in [-0.39, 0.29) is 22.7 Å². The first-order chi connectivity index (χ1) is 7.52. The number of aromatic nitrogens is 1. The third-order valence-corrected chi connectivity index (χ3v) is 2.43. The number of carbonyl (C=O) groups is 1. The van der Waals surface area contributed by atoms with Gasteiger partial charge in [-0.15, -0.1) is 11.6 Å². The van der Waals surface area contributed by atoms with Crippen molar-refractivity contribution in [1.82, 2.24) is 4.98 Å². The molecule has 1 aromatic heterocycles. The van der Waals surface area contributed by atoms with Gasteiger partial charge in [-0.25, -0.2) is 13.6 Å². The van der Waals surface area contributed by atoms with Gasteiger partial charge in [0.05, 0.1) is 18.4 Å². The minimum absolute atomic E-state index is 0.128. The normalized spacial score (nSPS) is 10.6. The van der Waals surface area contributed by atoms with E-state index in [2.05, 4.69) is 9.72 Å². The number of rotatable bonds is 3. The van der Waals surface area contributed by atoms with Crippen LogP contribution in [-0.2, 0) is 10.6 Å². The molecule has 0 aliphatic rings. The fraction of sp³-hybridized carbons (Fsp3) is 0.400. The number of hydrogen-bond donors (Lipinski definition) is 0. The molecule has 88 valence electrons. The predicted molar refractivity (Wildman–Crippen MR) is 54.8 cm³/mol. The zero-order chi connectivity index (χ0) is 12.3. The Bertz CT molecular complexity index is 410. The summed E-state index contributed by atoms with van der Waals surface area (Å²) >= 11 is 5.52. The minimum atomic E-state index is -2.79. The standard InChI is InChI=1S/C10H10ClF2NO2/c1-5-7(10(15)16-2)8(9(12)13)6(3-11)4-14-5/h4,9H,3H2,1-2H3. The topological polar surface area (TPSA) is 39.2 Å². The predicted octanol–water partition coefficient (Wildman–Crippen LogP) is 2.85. The number of nitrogens with zero attached hydrogens (tertiary/aromatic N) is 1. The van der Waals surface area contributed by atoms with E-state index in [1.54, 1.807) is 0 Å². The lowest BCUT2D eigenvalue weighted by Crippen LogP contribution is -2.12. The molecule has 0 aliphatic carbocycles. The van der Waals surface area contributed by atoms with Crippen LogP contribution >= 0.6 is 11.6 Å². The summed E-state index contributed by atoms with van der Waals surface area (Å²) in [5.74, 6) is -0.955. The fourth-order valence-electron chi connectivity index (χ4n) is 1.38. The van der Waals surface area contributed by atoms with Gasteiger partial charge in [0, 0.05) is 17.6 Å². The van der Waals surface area contributed by atoms with E-state index >= 15 is 0 Å². The molecule has 0 aromatic carbocycles. The molecule has 1 aromatic rings. The van der Waals surface area contributed by atoms with Crippen LogP contribution in [0.2, 0.25) is 0 Å². The number of halogens is 3. The van der Waals surface area contributed by atoms with Crippen LogP contribution in [0.1, 0.15) is 33.6 Å². The van der Waals surface area contributed by atoms with Gasteiger partial charge in [0.2, 0.25) is 0 Å². The number of methoxy groups -OCH3 is 1. The van der Waals surface area contributed by atoms with Crippen LogP contribution in [0.4, 0.5) is 8.78 Å². The van der Waals surface area contributed by atoms with Crippen molar-refractivity contribution in [3.05, 3.63) is 28.6 Å². The van der Waals surface area contributed by atoms with Gasteiger partial charge in [0.25, 0.3) is 6.43 Å². The smallest absolute Gasteiger partial charge is 0.340 e. The molecule has 1 rings (SSSR count). The Labute approximate surface area is 96.4 Å². The van der Waals surface area contributed by atoms with Crippen LogP contribution in [0.5, 0.6) is 0 Å². The Morgan fingerprint density at radius 3 is 2.69 bits per heavy atom. The van der Waals surface area contributed by atoms with Crippen molar-refractivity contribution < 1.29 is 18.3 Å². The highest BCUT2D eigenvalue weighted by atomic mass is 35.5. The van der Waals surface area contributed by atoms with E-state index in [1.807, 2.05) is 0 Å². The third-order valence-electron chi connectivity index (χ3n) is 2.14. The SMILES string of the molecule is COC(=O)c1c(C)ncc(CCl)c1C(F)F. The van der Waals surface area contributed by atoms with Crippen LogP contribution in [0.25, 0.3) is 0 Å². The van der Waals surface area contributed by atoms with Crippen molar-refractivity contribution in [2.24, 2.45) is 0 Å². The van der Waals surface area contributed by atoms with Crippen LogP contribution in [-0.4, -0.2) is 18.1 Å². The Kier molecular flexibility index (Phi) is 4.18. The molecule has 0 amide bonds. The van der Waals surface area contributed by atoms with Gasteiger partial charge in [-0.3, -0.25) is 4.98 Å². The van der Waals surface area contributed by atoms with Crippen LogP contribution < -0.4 is 0 Å². The Morgan fingerprint density at radius 2 is 2.25 bits per heavy atom. The first-order valence-electron chi connectivity index (χ1n) is 4.43. The van der Waals surface area contributed by atoms with E-state index < -0.39 is 18.0 Å². The van der Waals surface area contributed by atoms with Crippen LogP contribution in [0.15, 0.2) is 6.20 Å². The van der Waals surface area contributed by atoms with Crippen molar-refractivity contribution in [3.8, 4) is 0 Å². The molecule has 0 saturated carbocycles. The molecule has 6 heteroatoms. The highest BCUT2D eigenvalue weighted by Crippen LogP contribution is 2.29. The maximum atomic E-state index is 12.9. The van der Waals surface area contributed by atoms with Gasteiger partial charge < -0.3 is 4.74 Å². The van der Waals surface area contributed by atoms with Gasteiger partial charge in [-0.1, -0.05) is 0 Å². The number of pyridine rings is 1. The molecule has 0 bridgehead atoms. The Morgan fingerprint density at radius 1 is 1.62 bits per heavy atom. The molecule has 0 atom stereocenters. The Hall–Kier alpha value is -1.23. The summed E-state index contributed by atoms with van der Waals surface area (Å²) in [5.41, 5.74) is -0.247. The number of esters is 1. The summed E-state index contributed by atoms with van der Waals surface area (Å²) < 4.78 is 30.2. The number of aryl methyl sites for hydroxylation is 1. The second kappa shape index (κ2) is 5.21. The summed E-state index contributed by atoms with van der Waals surface area (Å²) in [5, 5.41) is 0. The van der Waals surface area contributed by atoms with E-state index in [9.17, 15) is 13.6 Å². The number of hydrogen-bond acceptors (Lipinski definition) is 3. The van der Waals surface area contributed by atoms with Crippen LogP contribution in [0.3, 0.4) is 0 Å². The van der Waals surface area contributed by atoms with E-state index in [1.165, 1.54) is 13.1 Å². The van der Waals surface area contributed by atoms with Crippen LogP contribution in [0, 0.1) is 6.92 Å². The van der Waals surface area contributed by atoms with E-state index in [4.69, 9.17) is 11.6 Å². The second-order valence-electron chi connectivity index (χ2n) is 3.08. The summed E-state index contributed by atoms with van der Waals surface area (Å²) in [4.78, 5) is 15.2. The summed E-state index contributed by atoms with van der Waals surface area (Å²) in [7, 11) is 1.13. The molecule has 3 nitrogen and oxygen atoms in total.